The van der Waals surface area contributed by atoms with Crippen molar-refractivity contribution in [2.24, 2.45) is 5.92 Å². The molecule has 0 spiro atoms. The lowest BCUT2D eigenvalue weighted by molar-refractivity contribution is 0.335. The summed E-state index contributed by atoms with van der Waals surface area (Å²) < 4.78 is 5.30. The summed E-state index contributed by atoms with van der Waals surface area (Å²) in [5, 5.41) is 4.02. The summed E-state index contributed by atoms with van der Waals surface area (Å²) in [5.74, 6) is 1.61. The third-order valence-electron chi connectivity index (χ3n) is 3.11. The molecule has 1 aromatic heterocycles. The third kappa shape index (κ3) is 1.98. The second-order valence-corrected chi connectivity index (χ2v) is 4.36. The minimum Gasteiger partial charge on any atom is -0.362 e. The highest BCUT2D eigenvalue weighted by atomic mass is 16.5. The molecule has 1 unspecified atom stereocenters. The van der Waals surface area contributed by atoms with Crippen LogP contribution in [0.5, 0.6) is 0 Å². The van der Waals surface area contributed by atoms with E-state index in [-0.39, 0.29) is 5.21 Å². The quantitative estimate of drug-likeness (QED) is 0.626. The molecule has 4 heteroatoms. The van der Waals surface area contributed by atoms with E-state index in [4.69, 9.17) is 4.52 Å². The highest BCUT2D eigenvalue weighted by molar-refractivity contribution is 6.40. The first-order chi connectivity index (χ1) is 5.98. The molecule has 0 radical (unpaired) electrons. The van der Waals surface area contributed by atoms with Crippen LogP contribution in [0.25, 0.3) is 0 Å². The Morgan fingerprint density at radius 3 is 2.62 bits per heavy atom. The van der Waals surface area contributed by atoms with Gasteiger partial charge in [0.05, 0.1) is 5.69 Å². The van der Waals surface area contributed by atoms with Crippen LogP contribution in [0.3, 0.4) is 0 Å². The lowest BCUT2D eigenvalue weighted by Gasteiger charge is -2.28. The lowest BCUT2D eigenvalue weighted by atomic mass is 9.47. The van der Waals surface area contributed by atoms with E-state index in [2.05, 4.69) is 34.7 Å². The smallest absolute Gasteiger partial charge is 0.127 e. The molecule has 0 aliphatic rings. The number of aryl methyl sites for hydroxylation is 1. The van der Waals surface area contributed by atoms with Gasteiger partial charge in [0, 0.05) is 6.07 Å². The summed E-state index contributed by atoms with van der Waals surface area (Å²) in [7, 11) is 4.42. The highest BCUT2D eigenvalue weighted by Gasteiger charge is 2.30. The summed E-state index contributed by atoms with van der Waals surface area (Å²) in [5.41, 5.74) is 0.964. The fourth-order valence-corrected chi connectivity index (χ4v) is 1.42. The molecule has 1 atom stereocenters. The topological polar surface area (TPSA) is 26.0 Å². The molecule has 0 aliphatic heterocycles. The van der Waals surface area contributed by atoms with E-state index in [1.807, 2.05) is 13.0 Å². The standard InChI is InChI=1S/C9H17B2NO/c1-4-6(2)9(10,11)8-5-7(3)12-13-8/h5-6H,4,10-11H2,1-3H3. The van der Waals surface area contributed by atoms with Crippen LogP contribution < -0.4 is 0 Å². The van der Waals surface area contributed by atoms with Crippen molar-refractivity contribution >= 4 is 15.7 Å². The minimum atomic E-state index is 0.0933. The van der Waals surface area contributed by atoms with Crippen LogP contribution in [0.4, 0.5) is 0 Å². The van der Waals surface area contributed by atoms with Crippen LogP contribution in [-0.4, -0.2) is 20.8 Å². The number of nitrogens with zero attached hydrogens (tertiary/aromatic N) is 1. The van der Waals surface area contributed by atoms with E-state index < -0.39 is 0 Å². The minimum absolute atomic E-state index is 0.0933. The summed E-state index contributed by atoms with van der Waals surface area (Å²) in [6.07, 6.45) is 1.16. The van der Waals surface area contributed by atoms with E-state index in [9.17, 15) is 0 Å². The van der Waals surface area contributed by atoms with Crippen LogP contribution in [0, 0.1) is 12.8 Å². The van der Waals surface area contributed by atoms with Crippen molar-refractivity contribution in [3.05, 3.63) is 17.5 Å². The van der Waals surface area contributed by atoms with Crippen LogP contribution in [0.2, 0.25) is 0 Å². The number of aromatic nitrogens is 1. The first kappa shape index (κ1) is 10.4. The Morgan fingerprint density at radius 1 is 1.62 bits per heavy atom. The zero-order chi connectivity index (χ0) is 10.1. The first-order valence-corrected chi connectivity index (χ1v) is 4.92. The number of hydrogen-bond donors (Lipinski definition) is 0. The molecule has 0 saturated carbocycles. The van der Waals surface area contributed by atoms with Crippen molar-refractivity contribution in [2.45, 2.75) is 32.4 Å². The Hall–Kier alpha value is -0.660. The highest BCUT2D eigenvalue weighted by Crippen LogP contribution is 2.28. The molecule has 1 rings (SSSR count). The van der Waals surface area contributed by atoms with E-state index in [1.54, 1.807) is 0 Å². The lowest BCUT2D eigenvalue weighted by Crippen LogP contribution is -2.34. The zero-order valence-corrected chi connectivity index (χ0v) is 9.22. The largest absolute Gasteiger partial charge is 0.362 e. The molecule has 0 aromatic carbocycles. The van der Waals surface area contributed by atoms with Gasteiger partial charge in [-0.25, -0.2) is 0 Å². The molecule has 1 aromatic rings. The summed E-state index contributed by atoms with van der Waals surface area (Å²) in [6.45, 7) is 6.41. The second-order valence-electron chi connectivity index (χ2n) is 4.36. The van der Waals surface area contributed by atoms with Gasteiger partial charge in [-0.1, -0.05) is 25.4 Å². The van der Waals surface area contributed by atoms with Crippen LogP contribution in [0.15, 0.2) is 10.6 Å². The maximum absolute atomic E-state index is 5.30. The van der Waals surface area contributed by atoms with Gasteiger partial charge in [-0.2, -0.15) is 0 Å². The Bertz CT molecular complexity index is 283. The normalized spacial score (nSPS) is 14.4. The van der Waals surface area contributed by atoms with Crippen molar-refractivity contribution in [1.29, 1.82) is 0 Å². The zero-order valence-electron chi connectivity index (χ0n) is 9.22. The molecular weight excluding hydrogens is 160 g/mol. The average molecular weight is 177 g/mol. The number of hydrogen-bond acceptors (Lipinski definition) is 2. The van der Waals surface area contributed by atoms with Gasteiger partial charge in [0.2, 0.25) is 0 Å². The first-order valence-electron chi connectivity index (χ1n) is 4.92. The van der Waals surface area contributed by atoms with Crippen molar-refractivity contribution in [3.63, 3.8) is 0 Å². The molecule has 0 aliphatic carbocycles. The van der Waals surface area contributed by atoms with Gasteiger partial charge in [0.1, 0.15) is 21.5 Å². The molecule has 13 heavy (non-hydrogen) atoms. The van der Waals surface area contributed by atoms with Crippen molar-refractivity contribution in [2.75, 3.05) is 0 Å². The second kappa shape index (κ2) is 3.60. The van der Waals surface area contributed by atoms with Gasteiger partial charge < -0.3 is 4.52 Å². The monoisotopic (exact) mass is 177 g/mol. The predicted molar refractivity (Wildman–Crippen MR) is 59.5 cm³/mol. The fourth-order valence-electron chi connectivity index (χ4n) is 1.42. The van der Waals surface area contributed by atoms with Gasteiger partial charge in [-0.05, 0) is 18.1 Å². The summed E-state index contributed by atoms with van der Waals surface area (Å²) in [6, 6.07) is 2.03. The van der Waals surface area contributed by atoms with E-state index in [1.165, 1.54) is 0 Å². The number of rotatable bonds is 3. The fraction of sp³-hybridized carbons (Fsp3) is 0.667. The Kier molecular flexibility index (Phi) is 2.89. The molecule has 1 heterocycles. The molecular formula is C9H17B2NO. The molecule has 0 saturated heterocycles. The third-order valence-corrected chi connectivity index (χ3v) is 3.11. The van der Waals surface area contributed by atoms with E-state index in [0.717, 1.165) is 17.9 Å². The average Bonchev–Trinajstić information content (AvgIpc) is 2.50. The molecule has 0 fully saturated rings. The van der Waals surface area contributed by atoms with E-state index >= 15 is 0 Å². The molecule has 0 N–H and O–H groups in total. The molecule has 0 amide bonds. The molecule has 2 nitrogen and oxygen atoms in total. The molecule has 70 valence electrons. The maximum atomic E-state index is 5.30. The SMILES string of the molecule is BC(B)(c1cc(C)no1)C(C)CC. The van der Waals surface area contributed by atoms with Crippen LogP contribution in [-0.2, 0) is 5.21 Å². The Balaban J connectivity index is 2.92. The van der Waals surface area contributed by atoms with Crippen molar-refractivity contribution in [3.8, 4) is 0 Å². The van der Waals surface area contributed by atoms with Gasteiger partial charge in [-0.3, -0.25) is 0 Å². The van der Waals surface area contributed by atoms with Gasteiger partial charge in [0.25, 0.3) is 0 Å². The summed E-state index contributed by atoms with van der Waals surface area (Å²) >= 11 is 0. The van der Waals surface area contributed by atoms with E-state index in [0.29, 0.717) is 5.92 Å². The Morgan fingerprint density at radius 2 is 2.23 bits per heavy atom. The van der Waals surface area contributed by atoms with Gasteiger partial charge in [-0.15, -0.1) is 0 Å². The van der Waals surface area contributed by atoms with Gasteiger partial charge >= 0.3 is 0 Å². The van der Waals surface area contributed by atoms with Crippen molar-refractivity contribution in [1.82, 2.24) is 5.16 Å². The van der Waals surface area contributed by atoms with Crippen molar-refractivity contribution < 1.29 is 4.52 Å². The maximum Gasteiger partial charge on any atom is 0.127 e. The van der Waals surface area contributed by atoms with Gasteiger partial charge in [0.15, 0.2) is 0 Å². The molecule has 0 bridgehead atoms. The summed E-state index contributed by atoms with van der Waals surface area (Å²) in [4.78, 5) is 0. The van der Waals surface area contributed by atoms with Crippen LogP contribution in [0.1, 0.15) is 31.7 Å². The predicted octanol–water partition coefficient (Wildman–Crippen LogP) is 0.448. The Labute approximate surface area is 81.9 Å². The van der Waals surface area contributed by atoms with Crippen LogP contribution >= 0.6 is 0 Å².